The molecule has 1 N–H and O–H groups in total. The summed E-state index contributed by atoms with van der Waals surface area (Å²) in [5, 5.41) is 3.19. The molecule has 1 saturated carbocycles. The molecule has 27 heavy (non-hydrogen) atoms. The number of aryl methyl sites for hydroxylation is 1. The van der Waals surface area contributed by atoms with Gasteiger partial charge in [-0.1, -0.05) is 30.5 Å². The van der Waals surface area contributed by atoms with Crippen molar-refractivity contribution in [3.63, 3.8) is 0 Å². The van der Waals surface area contributed by atoms with Crippen LogP contribution in [0.15, 0.2) is 36.7 Å². The maximum absolute atomic E-state index is 12.3. The van der Waals surface area contributed by atoms with Gasteiger partial charge in [0, 0.05) is 50.3 Å². The minimum atomic E-state index is 0.177. The maximum atomic E-state index is 12.3. The standard InChI is InChI=1S/C21H29N5O/c1-17-6-8-19(9-7-17)26-11-10-22-21(26)25-14-12-24(13-15-25)16-20(27)23-18-4-2-3-5-18/h6-11,18H,2-5,12-16H2,1H3,(H,23,27). The summed E-state index contributed by atoms with van der Waals surface area (Å²) >= 11 is 0. The van der Waals surface area contributed by atoms with E-state index in [-0.39, 0.29) is 5.91 Å². The molecule has 2 aromatic rings. The van der Waals surface area contributed by atoms with E-state index in [0.29, 0.717) is 12.6 Å². The lowest BCUT2D eigenvalue weighted by Gasteiger charge is -2.35. The Morgan fingerprint density at radius 3 is 2.52 bits per heavy atom. The van der Waals surface area contributed by atoms with Gasteiger partial charge in [-0.05, 0) is 31.9 Å². The summed E-state index contributed by atoms with van der Waals surface area (Å²) in [6, 6.07) is 8.91. The van der Waals surface area contributed by atoms with Gasteiger partial charge in [-0.25, -0.2) is 4.98 Å². The number of carbonyl (C=O) groups excluding carboxylic acids is 1. The highest BCUT2D eigenvalue weighted by Gasteiger charge is 2.23. The van der Waals surface area contributed by atoms with E-state index in [1.54, 1.807) is 0 Å². The number of nitrogens with zero attached hydrogens (tertiary/aromatic N) is 4. The van der Waals surface area contributed by atoms with Gasteiger partial charge >= 0.3 is 0 Å². The number of nitrogens with one attached hydrogen (secondary N) is 1. The quantitative estimate of drug-likeness (QED) is 0.881. The van der Waals surface area contributed by atoms with Crippen molar-refractivity contribution < 1.29 is 4.79 Å². The zero-order valence-electron chi connectivity index (χ0n) is 16.1. The fourth-order valence-electron chi connectivity index (χ4n) is 4.09. The molecule has 1 aromatic carbocycles. The zero-order chi connectivity index (χ0) is 18.6. The van der Waals surface area contributed by atoms with Gasteiger partial charge in [0.15, 0.2) is 0 Å². The fraction of sp³-hybridized carbons (Fsp3) is 0.524. The topological polar surface area (TPSA) is 53.4 Å². The normalized spacial score (nSPS) is 18.8. The molecule has 2 aliphatic rings. The molecule has 0 unspecified atom stereocenters. The summed E-state index contributed by atoms with van der Waals surface area (Å²) in [7, 11) is 0. The maximum Gasteiger partial charge on any atom is 0.234 e. The first-order valence-corrected chi connectivity index (χ1v) is 10.1. The molecular weight excluding hydrogens is 338 g/mol. The van der Waals surface area contributed by atoms with Crippen molar-refractivity contribution in [1.82, 2.24) is 19.8 Å². The lowest BCUT2D eigenvalue weighted by atomic mass is 10.2. The molecule has 1 amide bonds. The molecule has 4 rings (SSSR count). The second-order valence-corrected chi connectivity index (χ2v) is 7.74. The van der Waals surface area contributed by atoms with E-state index in [1.807, 2.05) is 12.4 Å². The van der Waals surface area contributed by atoms with Gasteiger partial charge in [0.1, 0.15) is 0 Å². The van der Waals surface area contributed by atoms with Crippen molar-refractivity contribution >= 4 is 11.9 Å². The van der Waals surface area contributed by atoms with Gasteiger partial charge in [0.25, 0.3) is 0 Å². The molecular formula is C21H29N5O. The summed E-state index contributed by atoms with van der Waals surface area (Å²) in [6.45, 7) is 6.16. The molecule has 0 radical (unpaired) electrons. The number of benzene rings is 1. The van der Waals surface area contributed by atoms with Crippen molar-refractivity contribution in [3.8, 4) is 5.69 Å². The van der Waals surface area contributed by atoms with Crippen LogP contribution in [0, 0.1) is 6.92 Å². The largest absolute Gasteiger partial charge is 0.352 e. The van der Waals surface area contributed by atoms with Gasteiger partial charge in [-0.3, -0.25) is 14.3 Å². The third-order valence-corrected chi connectivity index (χ3v) is 5.68. The summed E-state index contributed by atoms with van der Waals surface area (Å²) in [5.74, 6) is 1.16. The molecule has 1 aliphatic carbocycles. The van der Waals surface area contributed by atoms with Crippen LogP contribution in [0.3, 0.4) is 0 Å². The van der Waals surface area contributed by atoms with Crippen molar-refractivity contribution in [3.05, 3.63) is 42.2 Å². The second-order valence-electron chi connectivity index (χ2n) is 7.74. The number of aromatic nitrogens is 2. The number of anilines is 1. The average Bonchev–Trinajstić information content (AvgIpc) is 3.35. The van der Waals surface area contributed by atoms with Gasteiger partial charge in [-0.15, -0.1) is 0 Å². The van der Waals surface area contributed by atoms with Crippen LogP contribution in [0.25, 0.3) is 5.69 Å². The highest BCUT2D eigenvalue weighted by Crippen LogP contribution is 2.20. The monoisotopic (exact) mass is 367 g/mol. The van der Waals surface area contributed by atoms with Crippen LogP contribution in [0.5, 0.6) is 0 Å². The van der Waals surface area contributed by atoms with E-state index in [0.717, 1.165) is 50.7 Å². The summed E-state index contributed by atoms with van der Waals surface area (Å²) in [5.41, 5.74) is 2.39. The predicted octanol–water partition coefficient (Wildman–Crippen LogP) is 2.36. The summed E-state index contributed by atoms with van der Waals surface area (Å²) in [6.07, 6.45) is 8.65. The summed E-state index contributed by atoms with van der Waals surface area (Å²) < 4.78 is 2.14. The second kappa shape index (κ2) is 8.13. The molecule has 0 bridgehead atoms. The van der Waals surface area contributed by atoms with Crippen molar-refractivity contribution in [2.24, 2.45) is 0 Å². The molecule has 2 heterocycles. The molecule has 1 aliphatic heterocycles. The third kappa shape index (κ3) is 4.33. The Hall–Kier alpha value is -2.34. The number of carbonyl (C=O) groups is 1. The molecule has 6 heteroatoms. The van der Waals surface area contributed by atoms with Crippen molar-refractivity contribution in [2.75, 3.05) is 37.6 Å². The molecule has 1 saturated heterocycles. The highest BCUT2D eigenvalue weighted by atomic mass is 16.2. The lowest BCUT2D eigenvalue weighted by Crippen LogP contribution is -2.50. The van der Waals surface area contributed by atoms with E-state index in [1.165, 1.54) is 18.4 Å². The SMILES string of the molecule is Cc1ccc(-n2ccnc2N2CCN(CC(=O)NC3CCCC3)CC2)cc1. The van der Waals surface area contributed by atoms with Gasteiger partial charge in [-0.2, -0.15) is 0 Å². The van der Waals surface area contributed by atoms with Crippen LogP contribution in [-0.2, 0) is 4.79 Å². The molecule has 2 fully saturated rings. The first-order chi connectivity index (χ1) is 13.2. The number of hydrogen-bond acceptors (Lipinski definition) is 4. The smallest absolute Gasteiger partial charge is 0.234 e. The van der Waals surface area contributed by atoms with E-state index >= 15 is 0 Å². The van der Waals surface area contributed by atoms with Gasteiger partial charge in [0.05, 0.1) is 6.54 Å². The molecule has 0 spiro atoms. The van der Waals surface area contributed by atoms with E-state index < -0.39 is 0 Å². The Morgan fingerprint density at radius 1 is 1.11 bits per heavy atom. The average molecular weight is 367 g/mol. The van der Waals surface area contributed by atoms with Crippen LogP contribution in [0.1, 0.15) is 31.2 Å². The van der Waals surface area contributed by atoms with E-state index in [2.05, 4.69) is 55.9 Å². The Morgan fingerprint density at radius 2 is 1.81 bits per heavy atom. The Labute approximate surface area is 161 Å². The van der Waals surface area contributed by atoms with Crippen LogP contribution in [0.4, 0.5) is 5.95 Å². The van der Waals surface area contributed by atoms with Crippen LogP contribution in [0.2, 0.25) is 0 Å². The number of imidazole rings is 1. The Kier molecular flexibility index (Phi) is 5.43. The van der Waals surface area contributed by atoms with Gasteiger partial charge in [0.2, 0.25) is 11.9 Å². The number of hydrogen-bond donors (Lipinski definition) is 1. The molecule has 0 atom stereocenters. The third-order valence-electron chi connectivity index (χ3n) is 5.68. The van der Waals surface area contributed by atoms with Crippen LogP contribution < -0.4 is 10.2 Å². The first kappa shape index (κ1) is 18.0. The van der Waals surface area contributed by atoms with E-state index in [4.69, 9.17) is 0 Å². The van der Waals surface area contributed by atoms with Gasteiger partial charge < -0.3 is 10.2 Å². The Bertz CT molecular complexity index is 755. The van der Waals surface area contributed by atoms with Crippen LogP contribution >= 0.6 is 0 Å². The minimum absolute atomic E-state index is 0.177. The Balaban J connectivity index is 1.32. The minimum Gasteiger partial charge on any atom is -0.352 e. The van der Waals surface area contributed by atoms with Crippen molar-refractivity contribution in [2.45, 2.75) is 38.6 Å². The number of rotatable bonds is 5. The number of piperazine rings is 1. The predicted molar refractivity (Wildman–Crippen MR) is 107 cm³/mol. The molecule has 144 valence electrons. The fourth-order valence-corrected chi connectivity index (χ4v) is 4.09. The lowest BCUT2D eigenvalue weighted by molar-refractivity contribution is -0.123. The highest BCUT2D eigenvalue weighted by molar-refractivity contribution is 5.78. The zero-order valence-corrected chi connectivity index (χ0v) is 16.1. The summed E-state index contributed by atoms with van der Waals surface area (Å²) in [4.78, 5) is 21.4. The first-order valence-electron chi connectivity index (χ1n) is 10.1. The van der Waals surface area contributed by atoms with Crippen LogP contribution in [-0.4, -0.2) is 59.1 Å². The molecule has 1 aromatic heterocycles. The molecule has 6 nitrogen and oxygen atoms in total. The number of amides is 1. The van der Waals surface area contributed by atoms with Crippen molar-refractivity contribution in [1.29, 1.82) is 0 Å². The van der Waals surface area contributed by atoms with E-state index in [9.17, 15) is 4.79 Å².